The first kappa shape index (κ1) is 16.1. The average Bonchev–Trinajstić information content (AvgIpc) is 2.98. The second-order valence-corrected chi connectivity index (χ2v) is 5.50. The van der Waals surface area contributed by atoms with Gasteiger partial charge in [0.1, 0.15) is 5.76 Å². The topological polar surface area (TPSA) is 49.6 Å². The van der Waals surface area contributed by atoms with Gasteiger partial charge in [-0.15, -0.1) is 0 Å². The maximum absolute atomic E-state index is 5.31. The molecule has 0 bridgehead atoms. The van der Waals surface area contributed by atoms with Crippen molar-refractivity contribution in [1.82, 2.24) is 10.6 Å². The summed E-state index contributed by atoms with van der Waals surface area (Å²) in [6.45, 7) is 5.94. The Hall–Kier alpha value is -2.23. The van der Waals surface area contributed by atoms with Gasteiger partial charge < -0.3 is 15.1 Å². The van der Waals surface area contributed by atoms with Crippen molar-refractivity contribution in [1.29, 1.82) is 0 Å². The van der Waals surface area contributed by atoms with E-state index in [1.807, 2.05) is 12.1 Å². The number of guanidine groups is 1. The zero-order valence-electron chi connectivity index (χ0n) is 13.6. The summed E-state index contributed by atoms with van der Waals surface area (Å²) in [6.07, 6.45) is 3.54. The van der Waals surface area contributed by atoms with E-state index in [0.29, 0.717) is 0 Å². The SMILES string of the molecule is CN=C(NCCc1cc(C)cc(C)c1)NCCc1ccco1. The minimum Gasteiger partial charge on any atom is -0.469 e. The Kier molecular flexibility index (Phi) is 6.07. The summed E-state index contributed by atoms with van der Waals surface area (Å²) in [7, 11) is 1.79. The number of benzene rings is 1. The molecular formula is C18H25N3O. The predicted octanol–water partition coefficient (Wildman–Crippen LogP) is 2.85. The minimum atomic E-state index is 0.802. The number of nitrogens with zero attached hydrogens (tertiary/aromatic N) is 1. The molecule has 4 heteroatoms. The number of rotatable bonds is 6. The first-order chi connectivity index (χ1) is 10.7. The lowest BCUT2D eigenvalue weighted by Gasteiger charge is -2.12. The van der Waals surface area contributed by atoms with Crippen LogP contribution in [0, 0.1) is 13.8 Å². The summed E-state index contributed by atoms with van der Waals surface area (Å²) in [5.41, 5.74) is 3.99. The Bertz CT molecular complexity index is 583. The number of aryl methyl sites for hydroxylation is 2. The van der Waals surface area contributed by atoms with Crippen LogP contribution < -0.4 is 10.6 Å². The van der Waals surface area contributed by atoms with Crippen molar-refractivity contribution in [2.45, 2.75) is 26.7 Å². The molecular weight excluding hydrogens is 274 g/mol. The smallest absolute Gasteiger partial charge is 0.191 e. The first-order valence-corrected chi connectivity index (χ1v) is 7.71. The van der Waals surface area contributed by atoms with E-state index in [4.69, 9.17) is 4.42 Å². The summed E-state index contributed by atoms with van der Waals surface area (Å²) >= 11 is 0. The van der Waals surface area contributed by atoms with Gasteiger partial charge in [0, 0.05) is 26.6 Å². The Balaban J connectivity index is 1.72. The van der Waals surface area contributed by atoms with E-state index in [1.165, 1.54) is 16.7 Å². The average molecular weight is 299 g/mol. The van der Waals surface area contributed by atoms with E-state index >= 15 is 0 Å². The van der Waals surface area contributed by atoms with Crippen LogP contribution in [0.25, 0.3) is 0 Å². The fourth-order valence-corrected chi connectivity index (χ4v) is 2.52. The highest BCUT2D eigenvalue weighted by molar-refractivity contribution is 5.79. The van der Waals surface area contributed by atoms with Gasteiger partial charge in [-0.1, -0.05) is 29.3 Å². The molecule has 0 atom stereocenters. The van der Waals surface area contributed by atoms with Crippen molar-refractivity contribution >= 4 is 5.96 Å². The summed E-state index contributed by atoms with van der Waals surface area (Å²) < 4.78 is 5.31. The van der Waals surface area contributed by atoms with Crippen LogP contribution in [-0.4, -0.2) is 26.1 Å². The number of hydrogen-bond donors (Lipinski definition) is 2. The quantitative estimate of drug-likeness (QED) is 0.637. The monoisotopic (exact) mass is 299 g/mol. The summed E-state index contributed by atoms with van der Waals surface area (Å²) in [4.78, 5) is 4.24. The van der Waals surface area contributed by atoms with E-state index in [9.17, 15) is 0 Å². The molecule has 2 rings (SSSR count). The fraction of sp³-hybridized carbons (Fsp3) is 0.389. The van der Waals surface area contributed by atoms with Gasteiger partial charge in [-0.05, 0) is 38.0 Å². The lowest BCUT2D eigenvalue weighted by atomic mass is 10.1. The molecule has 1 aromatic carbocycles. The standard InChI is InChI=1S/C18H25N3O/c1-14-11-15(2)13-16(12-14)6-8-20-18(19-3)21-9-7-17-5-4-10-22-17/h4-5,10-13H,6-9H2,1-3H3,(H2,19,20,21). The van der Waals surface area contributed by atoms with E-state index in [-0.39, 0.29) is 0 Å². The van der Waals surface area contributed by atoms with Crippen LogP contribution >= 0.6 is 0 Å². The van der Waals surface area contributed by atoms with Crippen molar-refractivity contribution < 1.29 is 4.42 Å². The predicted molar refractivity (Wildman–Crippen MR) is 91.4 cm³/mol. The molecule has 0 saturated heterocycles. The molecule has 1 aromatic heterocycles. The molecule has 0 fully saturated rings. The Morgan fingerprint density at radius 1 is 1.05 bits per heavy atom. The van der Waals surface area contributed by atoms with Crippen LogP contribution in [0.15, 0.2) is 46.0 Å². The van der Waals surface area contributed by atoms with Crippen LogP contribution in [-0.2, 0) is 12.8 Å². The largest absolute Gasteiger partial charge is 0.469 e. The molecule has 0 saturated carbocycles. The maximum atomic E-state index is 5.31. The van der Waals surface area contributed by atoms with Gasteiger partial charge in [-0.3, -0.25) is 4.99 Å². The molecule has 0 spiro atoms. The van der Waals surface area contributed by atoms with Gasteiger partial charge in [0.05, 0.1) is 6.26 Å². The van der Waals surface area contributed by atoms with E-state index < -0.39 is 0 Å². The van der Waals surface area contributed by atoms with Gasteiger partial charge >= 0.3 is 0 Å². The molecule has 118 valence electrons. The molecule has 22 heavy (non-hydrogen) atoms. The van der Waals surface area contributed by atoms with Crippen LogP contribution in [0.3, 0.4) is 0 Å². The highest BCUT2D eigenvalue weighted by Gasteiger charge is 2.00. The summed E-state index contributed by atoms with van der Waals surface area (Å²) in [6, 6.07) is 10.6. The molecule has 0 unspecified atom stereocenters. The molecule has 0 aliphatic heterocycles. The van der Waals surface area contributed by atoms with Crippen molar-refractivity contribution in [3.63, 3.8) is 0 Å². The van der Waals surface area contributed by atoms with E-state index in [2.05, 4.69) is 47.7 Å². The zero-order chi connectivity index (χ0) is 15.8. The lowest BCUT2D eigenvalue weighted by Crippen LogP contribution is -2.39. The highest BCUT2D eigenvalue weighted by atomic mass is 16.3. The van der Waals surface area contributed by atoms with E-state index in [0.717, 1.165) is 37.7 Å². The van der Waals surface area contributed by atoms with Crippen LogP contribution in [0.1, 0.15) is 22.5 Å². The summed E-state index contributed by atoms with van der Waals surface area (Å²) in [5, 5.41) is 6.64. The van der Waals surface area contributed by atoms with Gasteiger partial charge in [0.15, 0.2) is 5.96 Å². The molecule has 1 heterocycles. The van der Waals surface area contributed by atoms with Crippen molar-refractivity contribution in [2.75, 3.05) is 20.1 Å². The number of hydrogen-bond acceptors (Lipinski definition) is 2. The van der Waals surface area contributed by atoms with Crippen LogP contribution in [0.5, 0.6) is 0 Å². The molecule has 2 N–H and O–H groups in total. The minimum absolute atomic E-state index is 0.802. The Morgan fingerprint density at radius 3 is 2.32 bits per heavy atom. The number of furan rings is 1. The molecule has 4 nitrogen and oxygen atoms in total. The Morgan fingerprint density at radius 2 is 1.73 bits per heavy atom. The van der Waals surface area contributed by atoms with Gasteiger partial charge in [0.25, 0.3) is 0 Å². The molecule has 2 aromatic rings. The summed E-state index contributed by atoms with van der Waals surface area (Å²) in [5.74, 6) is 1.81. The molecule has 0 aliphatic rings. The third kappa shape index (κ3) is 5.28. The molecule has 0 aliphatic carbocycles. The number of aliphatic imine (C=N–C) groups is 1. The van der Waals surface area contributed by atoms with Gasteiger partial charge in [-0.25, -0.2) is 0 Å². The highest BCUT2D eigenvalue weighted by Crippen LogP contribution is 2.08. The first-order valence-electron chi connectivity index (χ1n) is 7.71. The Labute approximate surface area is 132 Å². The maximum Gasteiger partial charge on any atom is 0.191 e. The van der Waals surface area contributed by atoms with E-state index in [1.54, 1.807) is 13.3 Å². The van der Waals surface area contributed by atoms with Crippen molar-refractivity contribution in [3.05, 3.63) is 59.0 Å². The second-order valence-electron chi connectivity index (χ2n) is 5.50. The molecule has 0 amide bonds. The van der Waals surface area contributed by atoms with Crippen LogP contribution in [0.2, 0.25) is 0 Å². The molecule has 0 radical (unpaired) electrons. The fourth-order valence-electron chi connectivity index (χ4n) is 2.52. The lowest BCUT2D eigenvalue weighted by molar-refractivity contribution is 0.507. The zero-order valence-corrected chi connectivity index (χ0v) is 13.6. The third-order valence-electron chi connectivity index (χ3n) is 3.46. The van der Waals surface area contributed by atoms with Gasteiger partial charge in [-0.2, -0.15) is 0 Å². The second kappa shape index (κ2) is 8.27. The normalized spacial score (nSPS) is 11.5. The van der Waals surface area contributed by atoms with Gasteiger partial charge in [0.2, 0.25) is 0 Å². The number of nitrogens with one attached hydrogen (secondary N) is 2. The van der Waals surface area contributed by atoms with Crippen molar-refractivity contribution in [2.24, 2.45) is 4.99 Å². The third-order valence-corrected chi connectivity index (χ3v) is 3.46. The van der Waals surface area contributed by atoms with Crippen molar-refractivity contribution in [3.8, 4) is 0 Å². The van der Waals surface area contributed by atoms with Crippen LogP contribution in [0.4, 0.5) is 0 Å².